The first-order valence-electron chi connectivity index (χ1n) is 10.7. The molecule has 2 unspecified atom stereocenters. The number of ether oxygens (including phenoxy) is 1. The molecule has 2 heterocycles. The Morgan fingerprint density at radius 3 is 2.69 bits per heavy atom. The van der Waals surface area contributed by atoms with Crippen LogP contribution in [0.15, 0.2) is 52.8 Å². The van der Waals surface area contributed by atoms with Gasteiger partial charge in [0, 0.05) is 38.6 Å². The van der Waals surface area contributed by atoms with Gasteiger partial charge in [-0.1, -0.05) is 36.4 Å². The fourth-order valence-corrected chi connectivity index (χ4v) is 4.32. The second-order valence-corrected chi connectivity index (χ2v) is 8.86. The monoisotopic (exact) mass is 571 g/mol. The zero-order valence-electron chi connectivity index (χ0n) is 19.0. The second-order valence-electron chi connectivity index (χ2n) is 7.88. The maximum Gasteiger partial charge on any atom is 0.241 e. The Morgan fingerprint density at radius 1 is 1.25 bits per heavy atom. The average molecular weight is 572 g/mol. The number of guanidine groups is 1. The van der Waals surface area contributed by atoms with Crippen LogP contribution in [0, 0.1) is 0 Å². The molecular weight excluding hydrogens is 537 g/mol. The number of benzene rings is 1. The Bertz CT molecular complexity index is 832. The zero-order chi connectivity index (χ0) is 22.1. The Labute approximate surface area is 212 Å². The van der Waals surface area contributed by atoms with Gasteiger partial charge in [0.15, 0.2) is 5.96 Å². The lowest BCUT2D eigenvalue weighted by atomic mass is 10.1. The van der Waals surface area contributed by atoms with E-state index in [0.717, 1.165) is 25.3 Å². The topological polar surface area (TPSA) is 69.2 Å². The zero-order valence-corrected chi connectivity index (χ0v) is 22.1. The molecule has 1 aromatic carbocycles. The van der Waals surface area contributed by atoms with Crippen molar-refractivity contribution in [1.82, 2.24) is 20.4 Å². The number of rotatable bonds is 8. The minimum Gasteiger partial charge on any atom is -0.376 e. The van der Waals surface area contributed by atoms with Gasteiger partial charge < -0.3 is 20.3 Å². The summed E-state index contributed by atoms with van der Waals surface area (Å²) in [6, 6.07) is 14.6. The number of halogens is 1. The number of nitrogens with one attached hydrogen (secondary N) is 2. The first-order valence-corrected chi connectivity index (χ1v) is 11.6. The maximum atomic E-state index is 12.1. The van der Waals surface area contributed by atoms with E-state index < -0.39 is 0 Å². The van der Waals surface area contributed by atoms with E-state index in [9.17, 15) is 4.79 Å². The van der Waals surface area contributed by atoms with Crippen LogP contribution in [-0.2, 0) is 16.1 Å². The van der Waals surface area contributed by atoms with E-state index in [1.807, 2.05) is 18.2 Å². The van der Waals surface area contributed by atoms with Gasteiger partial charge in [0.25, 0.3) is 0 Å². The van der Waals surface area contributed by atoms with Crippen molar-refractivity contribution in [2.45, 2.75) is 25.6 Å². The molecule has 1 saturated heterocycles. The van der Waals surface area contributed by atoms with Crippen molar-refractivity contribution in [1.29, 1.82) is 0 Å². The molecule has 0 bridgehead atoms. The number of nitrogens with zero attached hydrogens (tertiary/aromatic N) is 3. The van der Waals surface area contributed by atoms with Gasteiger partial charge in [0.2, 0.25) is 5.91 Å². The SMILES string of the molecule is CC1CN(C(CNC(=NCc2ccccc2)NCC(=O)N(C)C)c2cccs2)CCO1.I. The fourth-order valence-electron chi connectivity index (χ4n) is 3.46. The van der Waals surface area contributed by atoms with Crippen molar-refractivity contribution in [2.75, 3.05) is 46.9 Å². The Hall–Kier alpha value is -1.69. The number of carbonyl (C=O) groups excluding carboxylic acids is 1. The largest absolute Gasteiger partial charge is 0.376 e. The number of hydrogen-bond donors (Lipinski definition) is 2. The minimum atomic E-state index is 0. The molecule has 32 heavy (non-hydrogen) atoms. The molecule has 1 aliphatic heterocycles. The number of thiophene rings is 1. The van der Waals surface area contributed by atoms with Gasteiger partial charge in [-0.05, 0) is 23.9 Å². The molecule has 7 nitrogen and oxygen atoms in total. The molecule has 0 aliphatic carbocycles. The van der Waals surface area contributed by atoms with E-state index in [2.05, 4.69) is 52.1 Å². The van der Waals surface area contributed by atoms with Crippen molar-refractivity contribution in [3.63, 3.8) is 0 Å². The van der Waals surface area contributed by atoms with Crippen LogP contribution in [0.4, 0.5) is 0 Å². The summed E-state index contributed by atoms with van der Waals surface area (Å²) in [7, 11) is 3.51. The molecule has 176 valence electrons. The van der Waals surface area contributed by atoms with Crippen LogP contribution in [0.5, 0.6) is 0 Å². The molecular formula is C23H34IN5O2S. The highest BCUT2D eigenvalue weighted by Crippen LogP contribution is 2.26. The van der Waals surface area contributed by atoms with E-state index in [-0.39, 0.29) is 48.6 Å². The number of morpholine rings is 1. The van der Waals surface area contributed by atoms with Crippen molar-refractivity contribution in [3.8, 4) is 0 Å². The Kier molecular flexibility index (Phi) is 11.4. The third-order valence-electron chi connectivity index (χ3n) is 5.22. The Balaban J connectivity index is 0.00000363. The smallest absolute Gasteiger partial charge is 0.241 e. The van der Waals surface area contributed by atoms with Gasteiger partial charge in [-0.15, -0.1) is 35.3 Å². The highest BCUT2D eigenvalue weighted by atomic mass is 127. The number of carbonyl (C=O) groups is 1. The first-order chi connectivity index (χ1) is 15.0. The number of aliphatic imine (C=N–C) groups is 1. The minimum absolute atomic E-state index is 0. The number of likely N-dealkylation sites (N-methyl/N-ethyl adjacent to an activating group) is 1. The quantitative estimate of drug-likeness (QED) is 0.290. The molecule has 1 amide bonds. The van der Waals surface area contributed by atoms with Crippen molar-refractivity contribution in [3.05, 3.63) is 58.3 Å². The molecule has 9 heteroatoms. The summed E-state index contributed by atoms with van der Waals surface area (Å²) >= 11 is 1.77. The summed E-state index contributed by atoms with van der Waals surface area (Å²) in [5.74, 6) is 0.646. The summed E-state index contributed by atoms with van der Waals surface area (Å²) in [6.45, 7) is 6.10. The predicted molar refractivity (Wildman–Crippen MR) is 142 cm³/mol. The average Bonchev–Trinajstić information content (AvgIpc) is 3.30. The number of hydrogen-bond acceptors (Lipinski definition) is 5. The summed E-state index contributed by atoms with van der Waals surface area (Å²) in [4.78, 5) is 22.2. The fraction of sp³-hybridized carbons (Fsp3) is 0.478. The van der Waals surface area contributed by atoms with Gasteiger partial charge in [-0.3, -0.25) is 9.69 Å². The molecule has 1 aliphatic rings. The van der Waals surface area contributed by atoms with Gasteiger partial charge in [0.1, 0.15) is 0 Å². The molecule has 1 fully saturated rings. The maximum absolute atomic E-state index is 12.1. The van der Waals surface area contributed by atoms with Crippen LogP contribution in [0.3, 0.4) is 0 Å². The van der Waals surface area contributed by atoms with E-state index in [4.69, 9.17) is 9.73 Å². The molecule has 1 aromatic heterocycles. The Morgan fingerprint density at radius 2 is 2.03 bits per heavy atom. The van der Waals surface area contributed by atoms with E-state index >= 15 is 0 Å². The van der Waals surface area contributed by atoms with E-state index in [0.29, 0.717) is 19.0 Å². The van der Waals surface area contributed by atoms with E-state index in [1.165, 1.54) is 4.88 Å². The van der Waals surface area contributed by atoms with E-state index in [1.54, 1.807) is 30.3 Å². The first kappa shape index (κ1) is 26.6. The molecule has 0 radical (unpaired) electrons. The molecule has 2 N–H and O–H groups in total. The lowest BCUT2D eigenvalue weighted by molar-refractivity contribution is -0.127. The van der Waals surface area contributed by atoms with Gasteiger partial charge >= 0.3 is 0 Å². The lowest BCUT2D eigenvalue weighted by Crippen LogP contribution is -2.49. The van der Waals surface area contributed by atoms with Crippen molar-refractivity contribution in [2.24, 2.45) is 4.99 Å². The highest BCUT2D eigenvalue weighted by Gasteiger charge is 2.26. The van der Waals surface area contributed by atoms with Gasteiger partial charge in [-0.2, -0.15) is 0 Å². The highest BCUT2D eigenvalue weighted by molar-refractivity contribution is 14.0. The summed E-state index contributed by atoms with van der Waals surface area (Å²) < 4.78 is 5.74. The van der Waals surface area contributed by atoms with Crippen molar-refractivity contribution < 1.29 is 9.53 Å². The molecule has 2 atom stereocenters. The molecule has 0 saturated carbocycles. The van der Waals surface area contributed by atoms with Crippen LogP contribution in [0.1, 0.15) is 23.4 Å². The van der Waals surface area contributed by atoms with Crippen LogP contribution >= 0.6 is 35.3 Å². The normalized spacial score (nSPS) is 17.8. The lowest BCUT2D eigenvalue weighted by Gasteiger charge is -2.37. The second kappa shape index (κ2) is 13.8. The third-order valence-corrected chi connectivity index (χ3v) is 6.19. The summed E-state index contributed by atoms with van der Waals surface area (Å²) in [5, 5.41) is 8.78. The third kappa shape index (κ3) is 8.34. The molecule has 3 rings (SSSR count). The molecule has 0 spiro atoms. The molecule has 2 aromatic rings. The summed E-state index contributed by atoms with van der Waals surface area (Å²) in [5.41, 5.74) is 1.12. The van der Waals surface area contributed by atoms with Crippen LogP contribution in [-0.4, -0.2) is 74.7 Å². The van der Waals surface area contributed by atoms with Crippen LogP contribution in [0.25, 0.3) is 0 Å². The van der Waals surface area contributed by atoms with Gasteiger partial charge in [-0.25, -0.2) is 4.99 Å². The number of amides is 1. The van der Waals surface area contributed by atoms with Crippen LogP contribution in [0.2, 0.25) is 0 Å². The van der Waals surface area contributed by atoms with Gasteiger partial charge in [0.05, 0.1) is 31.8 Å². The summed E-state index contributed by atoms with van der Waals surface area (Å²) in [6.07, 6.45) is 0.221. The standard InChI is InChI=1S/C23H33N5O2S.HI/c1-18-17-28(11-12-30-18)20(21-10-7-13-31-21)15-25-23(26-16-22(29)27(2)3)24-14-19-8-5-4-6-9-19;/h4-10,13,18,20H,11-12,14-17H2,1-3H3,(H2,24,25,26);1H. The predicted octanol–water partition coefficient (Wildman–Crippen LogP) is 2.95. The van der Waals surface area contributed by atoms with Crippen LogP contribution < -0.4 is 10.6 Å². The van der Waals surface area contributed by atoms with Crippen molar-refractivity contribution >= 4 is 47.2 Å².